The van der Waals surface area contributed by atoms with Crippen molar-refractivity contribution in [1.82, 2.24) is 0 Å². The third-order valence-electron chi connectivity index (χ3n) is 1.66. The van der Waals surface area contributed by atoms with Crippen molar-refractivity contribution in [2.24, 2.45) is 5.92 Å². The molecule has 0 aliphatic carbocycles. The van der Waals surface area contributed by atoms with E-state index in [1.54, 1.807) is 20.8 Å². The molecule has 0 atom stereocenters. The molecule has 0 saturated carbocycles. The summed E-state index contributed by atoms with van der Waals surface area (Å²) in [6, 6.07) is 0. The molecule has 0 N–H and O–H groups in total. The second kappa shape index (κ2) is 7.62. The lowest BCUT2D eigenvalue weighted by molar-refractivity contribution is -0.163. The van der Waals surface area contributed by atoms with Gasteiger partial charge in [0.05, 0.1) is 13.2 Å². The van der Waals surface area contributed by atoms with Crippen LogP contribution in [-0.2, 0) is 23.9 Å². The first kappa shape index (κ1) is 14.3. The van der Waals surface area contributed by atoms with Crippen molar-refractivity contribution in [3.63, 3.8) is 0 Å². The van der Waals surface area contributed by atoms with Crippen molar-refractivity contribution in [3.8, 4) is 0 Å². The van der Waals surface area contributed by atoms with E-state index in [0.717, 1.165) is 6.08 Å². The highest BCUT2D eigenvalue weighted by atomic mass is 16.6. The molecule has 0 aromatic rings. The second-order valence-corrected chi connectivity index (χ2v) is 2.84. The molecule has 0 rings (SSSR count). The molecule has 0 aliphatic rings. The molecule has 0 fully saturated rings. The molecule has 0 bridgehead atoms. The van der Waals surface area contributed by atoms with Gasteiger partial charge in [-0.1, -0.05) is 6.08 Å². The van der Waals surface area contributed by atoms with Gasteiger partial charge in [-0.05, 0) is 26.8 Å². The maximum absolute atomic E-state index is 11.5. The van der Waals surface area contributed by atoms with Crippen LogP contribution in [-0.4, -0.2) is 30.9 Å². The summed E-state index contributed by atoms with van der Waals surface area (Å²) in [5, 5.41) is 0. The predicted molar refractivity (Wildman–Crippen MR) is 56.6 cm³/mol. The highest BCUT2D eigenvalue weighted by Gasteiger charge is 2.35. The molecule has 0 amide bonds. The van der Waals surface area contributed by atoms with Crippen molar-refractivity contribution in [3.05, 3.63) is 12.2 Å². The highest BCUT2D eigenvalue weighted by molar-refractivity contribution is 6.18. The summed E-state index contributed by atoms with van der Waals surface area (Å²) in [6.45, 7) is 5.03. The molecular formula is C11H16O5. The normalized spacial score (nSPS) is 10.5. The van der Waals surface area contributed by atoms with E-state index in [1.807, 2.05) is 0 Å². The summed E-state index contributed by atoms with van der Waals surface area (Å²) in [7, 11) is 0. The Morgan fingerprint density at radius 1 is 1.06 bits per heavy atom. The van der Waals surface area contributed by atoms with Crippen molar-refractivity contribution in [2.75, 3.05) is 13.2 Å². The number of allylic oxidation sites excluding steroid dienone is 2. The van der Waals surface area contributed by atoms with Crippen molar-refractivity contribution in [1.29, 1.82) is 0 Å². The zero-order chi connectivity index (χ0) is 12.6. The van der Waals surface area contributed by atoms with Crippen LogP contribution in [0.1, 0.15) is 20.8 Å². The summed E-state index contributed by atoms with van der Waals surface area (Å²) < 4.78 is 9.29. The Morgan fingerprint density at radius 3 is 1.81 bits per heavy atom. The summed E-state index contributed by atoms with van der Waals surface area (Å²) in [4.78, 5) is 34.3. The number of rotatable bonds is 6. The first-order valence-electron chi connectivity index (χ1n) is 5.08. The van der Waals surface area contributed by atoms with Gasteiger partial charge in [0.25, 0.3) is 0 Å². The van der Waals surface area contributed by atoms with Crippen LogP contribution in [0, 0.1) is 5.92 Å². The van der Waals surface area contributed by atoms with E-state index in [-0.39, 0.29) is 13.2 Å². The zero-order valence-corrected chi connectivity index (χ0v) is 9.69. The van der Waals surface area contributed by atoms with E-state index in [1.165, 1.54) is 6.08 Å². The van der Waals surface area contributed by atoms with Crippen molar-refractivity contribution >= 4 is 17.7 Å². The van der Waals surface area contributed by atoms with Crippen LogP contribution in [0.2, 0.25) is 0 Å². The highest BCUT2D eigenvalue weighted by Crippen LogP contribution is 2.06. The Hall–Kier alpha value is -1.65. The number of ether oxygens (including phenoxy) is 2. The molecule has 5 nitrogen and oxygen atoms in total. The third-order valence-corrected chi connectivity index (χ3v) is 1.66. The van der Waals surface area contributed by atoms with E-state index < -0.39 is 23.6 Å². The Kier molecular flexibility index (Phi) is 6.83. The minimum Gasteiger partial charge on any atom is -0.465 e. The minimum atomic E-state index is -1.50. The lowest BCUT2D eigenvalue weighted by atomic mass is 10.0. The van der Waals surface area contributed by atoms with E-state index >= 15 is 0 Å². The Labute approximate surface area is 94.4 Å². The molecule has 0 unspecified atom stereocenters. The smallest absolute Gasteiger partial charge is 0.328 e. The lowest BCUT2D eigenvalue weighted by Gasteiger charge is -2.11. The fourth-order valence-corrected chi connectivity index (χ4v) is 1.04. The SMILES string of the molecule is C/C=C/C(=O)C(C(=O)OCC)C(=O)OCC. The maximum Gasteiger partial charge on any atom is 0.328 e. The van der Waals surface area contributed by atoms with Crippen molar-refractivity contribution < 1.29 is 23.9 Å². The largest absolute Gasteiger partial charge is 0.465 e. The molecular weight excluding hydrogens is 212 g/mol. The topological polar surface area (TPSA) is 69.7 Å². The lowest BCUT2D eigenvalue weighted by Crippen LogP contribution is -2.34. The van der Waals surface area contributed by atoms with E-state index in [9.17, 15) is 14.4 Å². The fraction of sp³-hybridized carbons (Fsp3) is 0.545. The first-order chi connectivity index (χ1) is 7.58. The standard InChI is InChI=1S/C11H16O5/c1-4-7-8(12)9(10(13)15-5-2)11(14)16-6-3/h4,7,9H,5-6H2,1-3H3/b7-4+. The summed E-state index contributed by atoms with van der Waals surface area (Å²) in [5.41, 5.74) is 0. The Bertz CT molecular complexity index is 275. The molecule has 0 aliphatic heterocycles. The Balaban J connectivity index is 4.82. The average molecular weight is 228 g/mol. The maximum atomic E-state index is 11.5. The molecule has 5 heteroatoms. The molecule has 0 aromatic carbocycles. The molecule has 0 saturated heterocycles. The minimum absolute atomic E-state index is 0.109. The molecule has 0 spiro atoms. The molecule has 0 aromatic heterocycles. The van der Waals surface area contributed by atoms with Crippen LogP contribution in [0.4, 0.5) is 0 Å². The van der Waals surface area contributed by atoms with Crippen LogP contribution in [0.15, 0.2) is 12.2 Å². The molecule has 0 heterocycles. The van der Waals surface area contributed by atoms with E-state index in [0.29, 0.717) is 0 Å². The van der Waals surface area contributed by atoms with Crippen LogP contribution in [0.25, 0.3) is 0 Å². The predicted octanol–water partition coefficient (Wildman–Crippen LogP) is 0.874. The number of hydrogen-bond acceptors (Lipinski definition) is 5. The fourth-order valence-electron chi connectivity index (χ4n) is 1.04. The number of carbonyl (C=O) groups excluding carboxylic acids is 3. The number of hydrogen-bond donors (Lipinski definition) is 0. The quantitative estimate of drug-likeness (QED) is 0.383. The van der Waals surface area contributed by atoms with Gasteiger partial charge < -0.3 is 9.47 Å². The van der Waals surface area contributed by atoms with Crippen LogP contribution >= 0.6 is 0 Å². The first-order valence-corrected chi connectivity index (χ1v) is 5.08. The van der Waals surface area contributed by atoms with Gasteiger partial charge in [-0.15, -0.1) is 0 Å². The third kappa shape index (κ3) is 4.25. The number of carbonyl (C=O) groups is 3. The summed E-state index contributed by atoms with van der Waals surface area (Å²) >= 11 is 0. The van der Waals surface area contributed by atoms with Crippen LogP contribution < -0.4 is 0 Å². The monoisotopic (exact) mass is 228 g/mol. The number of esters is 2. The van der Waals surface area contributed by atoms with Gasteiger partial charge in [0.2, 0.25) is 5.92 Å². The van der Waals surface area contributed by atoms with E-state index in [4.69, 9.17) is 0 Å². The van der Waals surface area contributed by atoms with Gasteiger partial charge in [0.15, 0.2) is 5.78 Å². The van der Waals surface area contributed by atoms with Gasteiger partial charge in [-0.25, -0.2) is 0 Å². The van der Waals surface area contributed by atoms with Gasteiger partial charge >= 0.3 is 11.9 Å². The molecule has 0 radical (unpaired) electrons. The average Bonchev–Trinajstić information content (AvgIpc) is 2.19. The van der Waals surface area contributed by atoms with Gasteiger partial charge in [-0.3, -0.25) is 14.4 Å². The molecule has 90 valence electrons. The van der Waals surface area contributed by atoms with Gasteiger partial charge in [0, 0.05) is 0 Å². The van der Waals surface area contributed by atoms with E-state index in [2.05, 4.69) is 9.47 Å². The van der Waals surface area contributed by atoms with Crippen LogP contribution in [0.3, 0.4) is 0 Å². The summed E-state index contributed by atoms with van der Waals surface area (Å²) in [6.07, 6.45) is 2.60. The number of ketones is 1. The Morgan fingerprint density at radius 2 is 1.50 bits per heavy atom. The van der Waals surface area contributed by atoms with Gasteiger partial charge in [-0.2, -0.15) is 0 Å². The zero-order valence-electron chi connectivity index (χ0n) is 9.69. The summed E-state index contributed by atoms with van der Waals surface area (Å²) in [5.74, 6) is -3.87. The van der Waals surface area contributed by atoms with Crippen molar-refractivity contribution in [2.45, 2.75) is 20.8 Å². The molecule has 16 heavy (non-hydrogen) atoms. The van der Waals surface area contributed by atoms with Crippen LogP contribution in [0.5, 0.6) is 0 Å². The van der Waals surface area contributed by atoms with Gasteiger partial charge in [0.1, 0.15) is 0 Å². The second-order valence-electron chi connectivity index (χ2n) is 2.84.